The molecule has 0 radical (unpaired) electrons. The van der Waals surface area contributed by atoms with Crippen LogP contribution in [0.25, 0.3) is 0 Å². The molecular formula is C23H39N5. The number of likely N-dealkylation sites (tertiary alicyclic amines) is 2. The maximum Gasteiger partial charge on any atom is 0.191 e. The van der Waals surface area contributed by atoms with Crippen LogP contribution in [0.1, 0.15) is 51.0 Å². The fraction of sp³-hybridized carbons (Fsp3) is 0.696. The van der Waals surface area contributed by atoms with Gasteiger partial charge in [0.2, 0.25) is 0 Å². The summed E-state index contributed by atoms with van der Waals surface area (Å²) < 4.78 is 0. The number of nitrogens with one attached hydrogen (secondary N) is 2. The van der Waals surface area contributed by atoms with Crippen molar-refractivity contribution in [1.82, 2.24) is 20.4 Å². The molecule has 5 heteroatoms. The molecule has 2 N–H and O–H groups in total. The van der Waals surface area contributed by atoms with Crippen LogP contribution in [-0.2, 0) is 6.54 Å². The number of hydrogen-bond donors (Lipinski definition) is 2. The van der Waals surface area contributed by atoms with Gasteiger partial charge in [0.05, 0.1) is 6.54 Å². The minimum absolute atomic E-state index is 0.531. The first kappa shape index (κ1) is 21.1. The number of rotatable bonds is 7. The lowest BCUT2D eigenvalue weighted by atomic mass is 10.0. The highest BCUT2D eigenvalue weighted by atomic mass is 15.2. The van der Waals surface area contributed by atoms with Crippen LogP contribution in [0.3, 0.4) is 0 Å². The van der Waals surface area contributed by atoms with E-state index in [1.165, 1.54) is 57.2 Å². The van der Waals surface area contributed by atoms with Crippen LogP contribution < -0.4 is 10.6 Å². The standard InChI is InChI=1S/C23H39N5/c1-2-24-23(25-14-19-27-15-8-3-4-9-16-27)26-22-12-17-28(18-13-22)20-21-10-6-5-7-11-21/h5-7,10-11,22H,2-4,8-9,12-20H2,1H3,(H2,24,25,26). The fourth-order valence-electron chi connectivity index (χ4n) is 4.25. The van der Waals surface area contributed by atoms with Gasteiger partial charge >= 0.3 is 0 Å². The molecule has 0 unspecified atom stereocenters. The third-order valence-corrected chi connectivity index (χ3v) is 5.91. The van der Waals surface area contributed by atoms with Crippen LogP contribution in [0.15, 0.2) is 35.3 Å². The number of benzene rings is 1. The van der Waals surface area contributed by atoms with Gasteiger partial charge in [-0.1, -0.05) is 43.2 Å². The van der Waals surface area contributed by atoms with E-state index >= 15 is 0 Å². The Morgan fingerprint density at radius 3 is 2.36 bits per heavy atom. The van der Waals surface area contributed by atoms with Crippen molar-refractivity contribution in [1.29, 1.82) is 0 Å². The molecule has 0 bridgehead atoms. The van der Waals surface area contributed by atoms with Crippen molar-refractivity contribution in [3.8, 4) is 0 Å². The summed E-state index contributed by atoms with van der Waals surface area (Å²) in [5.74, 6) is 0.999. The van der Waals surface area contributed by atoms with E-state index in [0.29, 0.717) is 6.04 Å². The van der Waals surface area contributed by atoms with Crippen LogP contribution in [-0.4, -0.2) is 67.6 Å². The van der Waals surface area contributed by atoms with E-state index in [9.17, 15) is 0 Å². The Morgan fingerprint density at radius 1 is 0.964 bits per heavy atom. The van der Waals surface area contributed by atoms with Crippen molar-refractivity contribution in [3.63, 3.8) is 0 Å². The van der Waals surface area contributed by atoms with Gasteiger partial charge in [0.25, 0.3) is 0 Å². The summed E-state index contributed by atoms with van der Waals surface area (Å²) in [5, 5.41) is 7.12. The van der Waals surface area contributed by atoms with Gasteiger partial charge in [-0.2, -0.15) is 0 Å². The summed E-state index contributed by atoms with van der Waals surface area (Å²) in [5.41, 5.74) is 1.41. The van der Waals surface area contributed by atoms with Crippen LogP contribution in [0.5, 0.6) is 0 Å². The molecule has 3 rings (SSSR count). The summed E-state index contributed by atoms with van der Waals surface area (Å²) in [6.07, 6.45) is 7.86. The summed E-state index contributed by atoms with van der Waals surface area (Å²) in [4.78, 5) is 10.0. The molecule has 0 aliphatic carbocycles. The highest BCUT2D eigenvalue weighted by Gasteiger charge is 2.20. The van der Waals surface area contributed by atoms with E-state index in [1.807, 2.05) is 0 Å². The Kier molecular flexibility index (Phi) is 9.11. The van der Waals surface area contributed by atoms with Gasteiger partial charge in [0, 0.05) is 38.8 Å². The number of guanidine groups is 1. The highest BCUT2D eigenvalue weighted by Crippen LogP contribution is 2.14. The normalized spacial score (nSPS) is 20.7. The zero-order valence-electron chi connectivity index (χ0n) is 17.7. The summed E-state index contributed by atoms with van der Waals surface area (Å²) in [6, 6.07) is 11.3. The summed E-state index contributed by atoms with van der Waals surface area (Å²) in [6.45, 7) is 10.9. The molecule has 28 heavy (non-hydrogen) atoms. The highest BCUT2D eigenvalue weighted by molar-refractivity contribution is 5.80. The van der Waals surface area contributed by atoms with Crippen molar-refractivity contribution in [2.45, 2.75) is 58.0 Å². The van der Waals surface area contributed by atoms with Gasteiger partial charge in [0.1, 0.15) is 0 Å². The molecule has 1 aromatic carbocycles. The van der Waals surface area contributed by atoms with E-state index in [-0.39, 0.29) is 0 Å². The Morgan fingerprint density at radius 2 is 1.68 bits per heavy atom. The predicted octanol–water partition coefficient (Wildman–Crippen LogP) is 3.08. The van der Waals surface area contributed by atoms with Gasteiger partial charge < -0.3 is 15.5 Å². The van der Waals surface area contributed by atoms with Crippen LogP contribution >= 0.6 is 0 Å². The maximum atomic E-state index is 4.86. The topological polar surface area (TPSA) is 42.9 Å². The van der Waals surface area contributed by atoms with Crippen molar-refractivity contribution in [2.75, 3.05) is 45.8 Å². The quantitative estimate of drug-likeness (QED) is 0.559. The molecule has 0 spiro atoms. The average molecular weight is 386 g/mol. The molecular weight excluding hydrogens is 346 g/mol. The third-order valence-electron chi connectivity index (χ3n) is 5.91. The zero-order chi connectivity index (χ0) is 19.4. The summed E-state index contributed by atoms with van der Waals surface area (Å²) >= 11 is 0. The molecule has 5 nitrogen and oxygen atoms in total. The first-order chi connectivity index (χ1) is 13.8. The largest absolute Gasteiger partial charge is 0.357 e. The predicted molar refractivity (Wildman–Crippen MR) is 119 cm³/mol. The molecule has 2 aliphatic rings. The number of hydrogen-bond acceptors (Lipinski definition) is 3. The van der Waals surface area contributed by atoms with Crippen molar-refractivity contribution in [3.05, 3.63) is 35.9 Å². The number of piperidine rings is 1. The maximum absolute atomic E-state index is 4.86. The molecule has 2 aliphatic heterocycles. The van der Waals surface area contributed by atoms with Crippen LogP contribution in [0.2, 0.25) is 0 Å². The minimum Gasteiger partial charge on any atom is -0.357 e. The van der Waals surface area contributed by atoms with Crippen LogP contribution in [0, 0.1) is 0 Å². The van der Waals surface area contributed by atoms with Crippen molar-refractivity contribution >= 4 is 5.96 Å². The second kappa shape index (κ2) is 12.1. The molecule has 2 fully saturated rings. The molecule has 156 valence electrons. The van der Waals surface area contributed by atoms with Crippen molar-refractivity contribution < 1.29 is 0 Å². The van der Waals surface area contributed by atoms with Crippen molar-refractivity contribution in [2.24, 2.45) is 4.99 Å². The average Bonchev–Trinajstić information content (AvgIpc) is 2.99. The number of aliphatic imine (C=N–C) groups is 1. The van der Waals surface area contributed by atoms with Gasteiger partial charge in [0.15, 0.2) is 5.96 Å². The van der Waals surface area contributed by atoms with Gasteiger partial charge in [-0.25, -0.2) is 0 Å². The smallest absolute Gasteiger partial charge is 0.191 e. The molecule has 0 amide bonds. The lowest BCUT2D eigenvalue weighted by molar-refractivity contribution is 0.198. The van der Waals surface area contributed by atoms with Gasteiger partial charge in [-0.15, -0.1) is 0 Å². The molecule has 2 saturated heterocycles. The SMILES string of the molecule is CCNC(=NCCN1CCCCCC1)NC1CCN(Cc2ccccc2)CC1. The van der Waals surface area contributed by atoms with Crippen LogP contribution in [0.4, 0.5) is 0 Å². The van der Waals surface area contributed by atoms with Gasteiger partial charge in [-0.3, -0.25) is 9.89 Å². The first-order valence-corrected chi connectivity index (χ1v) is 11.4. The zero-order valence-corrected chi connectivity index (χ0v) is 17.7. The lowest BCUT2D eigenvalue weighted by Gasteiger charge is -2.33. The third kappa shape index (κ3) is 7.44. The van der Waals surface area contributed by atoms with Gasteiger partial charge in [-0.05, 0) is 51.3 Å². The Balaban J connectivity index is 1.40. The summed E-state index contributed by atoms with van der Waals surface area (Å²) in [7, 11) is 0. The van der Waals surface area contributed by atoms with E-state index in [0.717, 1.165) is 45.2 Å². The molecule has 0 aromatic heterocycles. The minimum atomic E-state index is 0.531. The van der Waals surface area contributed by atoms with E-state index < -0.39 is 0 Å². The Hall–Kier alpha value is -1.59. The second-order valence-corrected chi connectivity index (χ2v) is 8.20. The monoisotopic (exact) mass is 385 g/mol. The van der Waals surface area contributed by atoms with E-state index in [1.54, 1.807) is 0 Å². The second-order valence-electron chi connectivity index (χ2n) is 8.20. The van der Waals surface area contributed by atoms with E-state index in [4.69, 9.17) is 4.99 Å². The fourth-order valence-corrected chi connectivity index (χ4v) is 4.25. The molecule has 2 heterocycles. The number of nitrogens with zero attached hydrogens (tertiary/aromatic N) is 3. The van der Waals surface area contributed by atoms with E-state index in [2.05, 4.69) is 57.7 Å². The Labute approximate surface area is 171 Å². The lowest BCUT2D eigenvalue weighted by Crippen LogP contribution is -2.48. The molecule has 1 aromatic rings. The molecule has 0 atom stereocenters. The Bertz CT molecular complexity index is 558. The molecule has 0 saturated carbocycles. The first-order valence-electron chi connectivity index (χ1n) is 11.4.